The molecule has 1 aliphatic rings. The SMILES string of the molecule is Cc1cc(C)c(S(=O)(=O)N[C@@H](C(=O)N2CCCC2)C(C)C)c(C)c1. The second kappa shape index (κ2) is 7.23. The van der Waals surface area contributed by atoms with Crippen LogP contribution in [0.15, 0.2) is 17.0 Å². The molecule has 0 spiro atoms. The fourth-order valence-corrected chi connectivity index (χ4v) is 5.21. The zero-order valence-corrected chi connectivity index (χ0v) is 16.0. The summed E-state index contributed by atoms with van der Waals surface area (Å²) < 4.78 is 28.5. The molecule has 1 N–H and O–H groups in total. The molecule has 0 aromatic heterocycles. The van der Waals surface area contributed by atoms with Crippen LogP contribution in [0.25, 0.3) is 0 Å². The first-order valence-electron chi connectivity index (χ1n) is 8.52. The van der Waals surface area contributed by atoms with Gasteiger partial charge in [-0.15, -0.1) is 0 Å². The maximum Gasteiger partial charge on any atom is 0.241 e. The third-order valence-electron chi connectivity index (χ3n) is 4.51. The van der Waals surface area contributed by atoms with Crippen molar-refractivity contribution < 1.29 is 13.2 Å². The molecule has 0 aliphatic carbocycles. The van der Waals surface area contributed by atoms with Gasteiger partial charge in [-0.05, 0) is 50.7 Å². The van der Waals surface area contributed by atoms with Crippen molar-refractivity contribution in [3.8, 4) is 0 Å². The van der Waals surface area contributed by atoms with Crippen LogP contribution in [0.5, 0.6) is 0 Å². The van der Waals surface area contributed by atoms with Crippen LogP contribution in [0, 0.1) is 26.7 Å². The Morgan fingerprint density at radius 3 is 2.04 bits per heavy atom. The van der Waals surface area contributed by atoms with E-state index in [-0.39, 0.29) is 16.7 Å². The highest BCUT2D eigenvalue weighted by Crippen LogP contribution is 2.23. The number of hydrogen-bond donors (Lipinski definition) is 1. The van der Waals surface area contributed by atoms with E-state index in [0.29, 0.717) is 24.2 Å². The highest BCUT2D eigenvalue weighted by molar-refractivity contribution is 7.89. The van der Waals surface area contributed by atoms with Crippen LogP contribution in [0.4, 0.5) is 0 Å². The summed E-state index contributed by atoms with van der Waals surface area (Å²) in [6.07, 6.45) is 1.97. The molecule has 1 aromatic rings. The number of likely N-dealkylation sites (tertiary alicyclic amines) is 1. The highest BCUT2D eigenvalue weighted by Gasteiger charge is 2.33. The monoisotopic (exact) mass is 352 g/mol. The maximum atomic E-state index is 12.9. The number of carbonyl (C=O) groups is 1. The highest BCUT2D eigenvalue weighted by atomic mass is 32.2. The van der Waals surface area contributed by atoms with Crippen molar-refractivity contribution in [2.75, 3.05) is 13.1 Å². The molecule has 0 unspecified atom stereocenters. The van der Waals surface area contributed by atoms with Crippen LogP contribution in [0.3, 0.4) is 0 Å². The number of amides is 1. The Bertz CT molecular complexity index is 697. The summed E-state index contributed by atoms with van der Waals surface area (Å²) in [5.41, 5.74) is 2.43. The van der Waals surface area contributed by atoms with Crippen LogP contribution in [0.2, 0.25) is 0 Å². The van der Waals surface area contributed by atoms with Crippen LogP contribution in [-0.2, 0) is 14.8 Å². The molecule has 24 heavy (non-hydrogen) atoms. The number of carbonyl (C=O) groups excluding carboxylic acids is 1. The lowest BCUT2D eigenvalue weighted by atomic mass is 10.0. The fourth-order valence-electron chi connectivity index (χ4n) is 3.42. The summed E-state index contributed by atoms with van der Waals surface area (Å²) >= 11 is 0. The average Bonchev–Trinajstić information content (AvgIpc) is 2.96. The standard InChI is InChI=1S/C18H28N2O3S/c1-12(2)16(18(21)20-8-6-7-9-20)19-24(22,23)17-14(4)10-13(3)11-15(17)5/h10-12,16,19H,6-9H2,1-5H3/t16-/m1/s1. The molecule has 1 fully saturated rings. The molecule has 1 amide bonds. The molecule has 1 aliphatic heterocycles. The third kappa shape index (κ3) is 3.98. The molecular formula is C18H28N2O3S. The van der Waals surface area contributed by atoms with E-state index in [1.165, 1.54) is 0 Å². The molecule has 0 saturated carbocycles. The van der Waals surface area contributed by atoms with E-state index < -0.39 is 16.1 Å². The van der Waals surface area contributed by atoms with E-state index >= 15 is 0 Å². The van der Waals surface area contributed by atoms with Gasteiger partial charge in [0.25, 0.3) is 0 Å². The van der Waals surface area contributed by atoms with Gasteiger partial charge in [0.1, 0.15) is 6.04 Å². The number of nitrogens with one attached hydrogen (secondary N) is 1. The summed E-state index contributed by atoms with van der Waals surface area (Å²) in [4.78, 5) is 14.8. The number of benzene rings is 1. The smallest absolute Gasteiger partial charge is 0.241 e. The van der Waals surface area contributed by atoms with Crippen molar-refractivity contribution >= 4 is 15.9 Å². The summed E-state index contributed by atoms with van der Waals surface area (Å²) in [7, 11) is -3.75. The minimum Gasteiger partial charge on any atom is -0.341 e. The van der Waals surface area contributed by atoms with E-state index in [0.717, 1.165) is 18.4 Å². The van der Waals surface area contributed by atoms with E-state index in [1.54, 1.807) is 18.7 Å². The maximum absolute atomic E-state index is 12.9. The Kier molecular flexibility index (Phi) is 5.71. The lowest BCUT2D eigenvalue weighted by Gasteiger charge is -2.27. The van der Waals surface area contributed by atoms with Gasteiger partial charge in [0.05, 0.1) is 4.90 Å². The van der Waals surface area contributed by atoms with Gasteiger partial charge in [-0.1, -0.05) is 31.5 Å². The van der Waals surface area contributed by atoms with Crippen LogP contribution >= 0.6 is 0 Å². The van der Waals surface area contributed by atoms with Crippen molar-refractivity contribution in [1.82, 2.24) is 9.62 Å². The number of rotatable bonds is 5. The Labute approximate surface area is 145 Å². The molecule has 1 heterocycles. The van der Waals surface area contributed by atoms with E-state index in [9.17, 15) is 13.2 Å². The average molecular weight is 353 g/mol. The van der Waals surface area contributed by atoms with Crippen molar-refractivity contribution in [1.29, 1.82) is 0 Å². The van der Waals surface area contributed by atoms with Gasteiger partial charge < -0.3 is 4.90 Å². The van der Waals surface area contributed by atoms with Gasteiger partial charge in [0.2, 0.25) is 15.9 Å². The van der Waals surface area contributed by atoms with Gasteiger partial charge in [0.15, 0.2) is 0 Å². The van der Waals surface area contributed by atoms with Gasteiger partial charge in [0, 0.05) is 13.1 Å². The minimum atomic E-state index is -3.75. The van der Waals surface area contributed by atoms with Crippen molar-refractivity contribution in [3.05, 3.63) is 28.8 Å². The summed E-state index contributed by atoms with van der Waals surface area (Å²) in [6.45, 7) is 10.7. The predicted octanol–water partition coefficient (Wildman–Crippen LogP) is 2.54. The number of sulfonamides is 1. The second-order valence-electron chi connectivity index (χ2n) is 7.10. The number of nitrogens with zero attached hydrogens (tertiary/aromatic N) is 1. The van der Waals surface area contributed by atoms with Crippen molar-refractivity contribution in [3.63, 3.8) is 0 Å². The molecule has 2 rings (SSSR count). The summed E-state index contributed by atoms with van der Waals surface area (Å²) in [5.74, 6) is -0.229. The molecule has 1 aromatic carbocycles. The largest absolute Gasteiger partial charge is 0.341 e. The van der Waals surface area contributed by atoms with E-state index in [2.05, 4.69) is 4.72 Å². The Hall–Kier alpha value is -1.40. The van der Waals surface area contributed by atoms with E-state index in [4.69, 9.17) is 0 Å². The molecule has 1 saturated heterocycles. The normalized spacial score (nSPS) is 16.7. The third-order valence-corrected chi connectivity index (χ3v) is 6.25. The van der Waals surface area contributed by atoms with Gasteiger partial charge >= 0.3 is 0 Å². The van der Waals surface area contributed by atoms with Gasteiger partial charge in [-0.25, -0.2) is 8.42 Å². The Morgan fingerprint density at radius 2 is 1.58 bits per heavy atom. The van der Waals surface area contributed by atoms with Gasteiger partial charge in [-0.3, -0.25) is 4.79 Å². The lowest BCUT2D eigenvalue weighted by molar-refractivity contribution is -0.132. The van der Waals surface area contributed by atoms with Crippen LogP contribution in [0.1, 0.15) is 43.4 Å². The second-order valence-corrected chi connectivity index (χ2v) is 8.75. The number of aryl methyl sites for hydroxylation is 3. The van der Waals surface area contributed by atoms with Crippen LogP contribution < -0.4 is 4.72 Å². The zero-order chi connectivity index (χ0) is 18.1. The first-order valence-corrected chi connectivity index (χ1v) is 10.0. The van der Waals surface area contributed by atoms with Crippen molar-refractivity contribution in [2.45, 2.75) is 58.4 Å². The first kappa shape index (κ1) is 18.9. The van der Waals surface area contributed by atoms with Crippen molar-refractivity contribution in [2.24, 2.45) is 5.92 Å². The predicted molar refractivity (Wildman–Crippen MR) is 95.4 cm³/mol. The van der Waals surface area contributed by atoms with Crippen LogP contribution in [-0.4, -0.2) is 38.4 Å². The molecule has 5 nitrogen and oxygen atoms in total. The van der Waals surface area contributed by atoms with Gasteiger partial charge in [-0.2, -0.15) is 4.72 Å². The zero-order valence-electron chi connectivity index (χ0n) is 15.2. The van der Waals surface area contributed by atoms with E-state index in [1.807, 2.05) is 32.9 Å². The molecule has 0 radical (unpaired) electrons. The Morgan fingerprint density at radius 1 is 1.08 bits per heavy atom. The number of hydrogen-bond acceptors (Lipinski definition) is 3. The molecule has 134 valence electrons. The quantitative estimate of drug-likeness (QED) is 0.885. The summed E-state index contributed by atoms with van der Waals surface area (Å²) in [6, 6.07) is 2.98. The first-order chi connectivity index (χ1) is 11.1. The minimum absolute atomic E-state index is 0.112. The topological polar surface area (TPSA) is 66.5 Å². The molecule has 1 atom stereocenters. The molecule has 0 bridgehead atoms. The fraction of sp³-hybridized carbons (Fsp3) is 0.611. The molecular weight excluding hydrogens is 324 g/mol. The lowest BCUT2D eigenvalue weighted by Crippen LogP contribution is -2.50. The molecule has 6 heteroatoms. The summed E-state index contributed by atoms with van der Waals surface area (Å²) in [5, 5.41) is 0. The Balaban J connectivity index is 2.33.